The largest absolute Gasteiger partial charge is 0.497 e. The number of nitrogens with one attached hydrogen (secondary N) is 1. The fourth-order valence-corrected chi connectivity index (χ4v) is 2.78. The molecule has 0 saturated carbocycles. The van der Waals surface area contributed by atoms with E-state index in [1.807, 2.05) is 31.2 Å². The van der Waals surface area contributed by atoms with Crippen molar-refractivity contribution >= 4 is 28.4 Å². The van der Waals surface area contributed by atoms with Gasteiger partial charge in [0.05, 0.1) is 31.7 Å². The molecule has 0 amide bonds. The van der Waals surface area contributed by atoms with E-state index in [1.165, 1.54) is 6.20 Å². The van der Waals surface area contributed by atoms with E-state index in [0.717, 1.165) is 5.69 Å². The monoisotopic (exact) mass is 381 g/mol. The molecule has 0 atom stereocenters. The number of carbonyl (C=O) groups is 1. The number of rotatable bonds is 6. The van der Waals surface area contributed by atoms with E-state index in [4.69, 9.17) is 14.2 Å². The molecule has 3 aromatic rings. The van der Waals surface area contributed by atoms with Crippen molar-refractivity contribution < 1.29 is 19.0 Å². The Morgan fingerprint density at radius 3 is 2.57 bits per heavy atom. The number of hydrogen-bond donors (Lipinski definition) is 1. The molecule has 28 heavy (non-hydrogen) atoms. The first-order chi connectivity index (χ1) is 13.4. The van der Waals surface area contributed by atoms with E-state index in [9.17, 15) is 4.79 Å². The molecule has 0 fully saturated rings. The number of aromatic nitrogens is 2. The number of ether oxygens (including phenoxy) is 3. The number of nitrogens with zero attached hydrogens (tertiary/aromatic N) is 2. The molecule has 0 unspecified atom stereocenters. The van der Waals surface area contributed by atoms with Crippen LogP contribution in [-0.2, 0) is 4.74 Å². The highest BCUT2D eigenvalue weighted by atomic mass is 16.5. The number of aryl methyl sites for hydroxylation is 1. The SMILES string of the molecule is COc1ccc(Nc2c(C(=O)OC(C)C)cnc3nc(C)ccc23)c(OC)c1. The van der Waals surface area contributed by atoms with Crippen molar-refractivity contribution in [3.8, 4) is 11.5 Å². The van der Waals surface area contributed by atoms with Crippen LogP contribution in [0.3, 0.4) is 0 Å². The van der Waals surface area contributed by atoms with Gasteiger partial charge in [0.25, 0.3) is 0 Å². The molecule has 146 valence electrons. The van der Waals surface area contributed by atoms with E-state index < -0.39 is 5.97 Å². The van der Waals surface area contributed by atoms with Crippen LogP contribution in [0.2, 0.25) is 0 Å². The Bertz CT molecular complexity index is 1020. The molecule has 0 spiro atoms. The molecular formula is C21H23N3O4. The Morgan fingerprint density at radius 2 is 1.89 bits per heavy atom. The predicted octanol–water partition coefficient (Wildman–Crippen LogP) is 4.26. The van der Waals surface area contributed by atoms with Gasteiger partial charge in [-0.05, 0) is 45.0 Å². The maximum Gasteiger partial charge on any atom is 0.342 e. The smallest absolute Gasteiger partial charge is 0.342 e. The summed E-state index contributed by atoms with van der Waals surface area (Å²) in [6.45, 7) is 5.50. The highest BCUT2D eigenvalue weighted by Gasteiger charge is 2.20. The molecule has 7 nitrogen and oxygen atoms in total. The number of fused-ring (bicyclic) bond motifs is 1. The van der Waals surface area contributed by atoms with Crippen LogP contribution in [0, 0.1) is 6.92 Å². The van der Waals surface area contributed by atoms with Gasteiger partial charge in [0.1, 0.15) is 17.1 Å². The van der Waals surface area contributed by atoms with Crippen LogP contribution in [0.1, 0.15) is 29.9 Å². The molecule has 1 N–H and O–H groups in total. The lowest BCUT2D eigenvalue weighted by atomic mass is 10.1. The maximum absolute atomic E-state index is 12.7. The number of carbonyl (C=O) groups excluding carboxylic acids is 1. The first kappa shape index (κ1) is 19.4. The second kappa shape index (κ2) is 8.12. The number of methoxy groups -OCH3 is 2. The van der Waals surface area contributed by atoms with Crippen LogP contribution in [0.5, 0.6) is 11.5 Å². The normalized spacial score (nSPS) is 10.8. The van der Waals surface area contributed by atoms with Gasteiger partial charge in [-0.1, -0.05) is 0 Å². The molecular weight excluding hydrogens is 358 g/mol. The van der Waals surface area contributed by atoms with Crippen molar-refractivity contribution in [3.05, 3.63) is 47.8 Å². The second-order valence-electron chi connectivity index (χ2n) is 6.52. The molecule has 2 aromatic heterocycles. The van der Waals surface area contributed by atoms with Gasteiger partial charge in [-0.2, -0.15) is 0 Å². The van der Waals surface area contributed by atoms with Crippen LogP contribution in [-0.4, -0.2) is 36.3 Å². The molecule has 0 aliphatic rings. The van der Waals surface area contributed by atoms with Gasteiger partial charge in [0.15, 0.2) is 5.65 Å². The van der Waals surface area contributed by atoms with Gasteiger partial charge in [-0.25, -0.2) is 14.8 Å². The third kappa shape index (κ3) is 3.98. The van der Waals surface area contributed by atoms with Gasteiger partial charge in [0.2, 0.25) is 0 Å². The minimum Gasteiger partial charge on any atom is -0.497 e. The number of esters is 1. The van der Waals surface area contributed by atoms with E-state index in [2.05, 4.69) is 15.3 Å². The summed E-state index contributed by atoms with van der Waals surface area (Å²) in [7, 11) is 3.16. The summed E-state index contributed by atoms with van der Waals surface area (Å²) in [5, 5.41) is 4.01. The first-order valence-electron chi connectivity index (χ1n) is 8.89. The molecule has 0 bridgehead atoms. The second-order valence-corrected chi connectivity index (χ2v) is 6.52. The van der Waals surface area contributed by atoms with Gasteiger partial charge in [0, 0.05) is 23.3 Å². The summed E-state index contributed by atoms with van der Waals surface area (Å²) < 4.78 is 16.1. The Labute approximate surface area is 163 Å². The molecule has 0 aliphatic carbocycles. The Balaban J connectivity index is 2.15. The van der Waals surface area contributed by atoms with Crippen LogP contribution >= 0.6 is 0 Å². The maximum atomic E-state index is 12.7. The molecule has 2 heterocycles. The van der Waals surface area contributed by atoms with E-state index in [1.54, 1.807) is 34.1 Å². The molecule has 0 radical (unpaired) electrons. The number of benzene rings is 1. The lowest BCUT2D eigenvalue weighted by Gasteiger charge is -2.17. The zero-order chi connectivity index (χ0) is 20.3. The highest BCUT2D eigenvalue weighted by Crippen LogP contribution is 2.35. The predicted molar refractivity (Wildman–Crippen MR) is 108 cm³/mol. The zero-order valence-electron chi connectivity index (χ0n) is 16.6. The fourth-order valence-electron chi connectivity index (χ4n) is 2.78. The summed E-state index contributed by atoms with van der Waals surface area (Å²) in [6.07, 6.45) is 1.24. The lowest BCUT2D eigenvalue weighted by Crippen LogP contribution is -2.14. The molecule has 3 rings (SSSR count). The Kier molecular flexibility index (Phi) is 5.63. The molecule has 1 aromatic carbocycles. The number of pyridine rings is 2. The van der Waals surface area contributed by atoms with E-state index >= 15 is 0 Å². The molecule has 7 heteroatoms. The molecule has 0 saturated heterocycles. The van der Waals surface area contributed by atoms with Crippen molar-refractivity contribution in [2.24, 2.45) is 0 Å². The summed E-state index contributed by atoms with van der Waals surface area (Å²) in [6, 6.07) is 9.15. The van der Waals surface area contributed by atoms with Crippen LogP contribution in [0.15, 0.2) is 36.5 Å². The summed E-state index contributed by atoms with van der Waals surface area (Å²) in [5.41, 5.74) is 2.94. The van der Waals surface area contributed by atoms with Crippen molar-refractivity contribution in [2.45, 2.75) is 26.9 Å². The number of hydrogen-bond acceptors (Lipinski definition) is 7. The number of anilines is 2. The highest BCUT2D eigenvalue weighted by molar-refractivity contribution is 6.05. The average molecular weight is 381 g/mol. The van der Waals surface area contributed by atoms with Gasteiger partial charge < -0.3 is 19.5 Å². The summed E-state index contributed by atoms with van der Waals surface area (Å²) >= 11 is 0. The van der Waals surface area contributed by atoms with Gasteiger partial charge in [-0.15, -0.1) is 0 Å². The van der Waals surface area contributed by atoms with Crippen molar-refractivity contribution in [1.82, 2.24) is 9.97 Å². The van der Waals surface area contributed by atoms with Gasteiger partial charge in [-0.3, -0.25) is 0 Å². The Hall–Kier alpha value is -3.35. The van der Waals surface area contributed by atoms with E-state index in [0.29, 0.717) is 39.5 Å². The topological polar surface area (TPSA) is 82.6 Å². The third-order valence-electron chi connectivity index (χ3n) is 4.10. The van der Waals surface area contributed by atoms with Crippen LogP contribution in [0.4, 0.5) is 11.4 Å². The lowest BCUT2D eigenvalue weighted by molar-refractivity contribution is 0.0379. The van der Waals surface area contributed by atoms with Crippen LogP contribution < -0.4 is 14.8 Å². The van der Waals surface area contributed by atoms with Crippen LogP contribution in [0.25, 0.3) is 11.0 Å². The average Bonchev–Trinajstić information content (AvgIpc) is 2.67. The minimum absolute atomic E-state index is 0.247. The molecule has 0 aliphatic heterocycles. The van der Waals surface area contributed by atoms with E-state index in [-0.39, 0.29) is 6.10 Å². The first-order valence-corrected chi connectivity index (χ1v) is 8.89. The standard InChI is InChI=1S/C21H23N3O4/c1-12(2)28-21(25)16-11-22-20-15(8-6-13(3)23-20)19(16)24-17-9-7-14(26-4)10-18(17)27-5/h6-12H,1-5H3,(H,22,23,24). The third-order valence-corrected chi connectivity index (χ3v) is 4.10. The Morgan fingerprint density at radius 1 is 1.11 bits per heavy atom. The summed E-state index contributed by atoms with van der Waals surface area (Å²) in [4.78, 5) is 21.5. The van der Waals surface area contributed by atoms with Crippen molar-refractivity contribution in [2.75, 3.05) is 19.5 Å². The quantitative estimate of drug-likeness (QED) is 0.639. The fraction of sp³-hybridized carbons (Fsp3) is 0.286. The van der Waals surface area contributed by atoms with Crippen molar-refractivity contribution in [1.29, 1.82) is 0 Å². The van der Waals surface area contributed by atoms with Gasteiger partial charge >= 0.3 is 5.97 Å². The minimum atomic E-state index is -0.458. The zero-order valence-corrected chi connectivity index (χ0v) is 16.6. The summed E-state index contributed by atoms with van der Waals surface area (Å²) in [5.74, 6) is 0.784. The van der Waals surface area contributed by atoms with Crippen molar-refractivity contribution in [3.63, 3.8) is 0 Å².